The Hall–Kier alpha value is -1.66. The van der Waals surface area contributed by atoms with Crippen molar-refractivity contribution in [1.82, 2.24) is 0 Å². The number of hydrogen-bond acceptors (Lipinski definition) is 2. The monoisotopic (exact) mass is 323 g/mol. The molecule has 0 aliphatic carbocycles. The lowest BCUT2D eigenvalue weighted by Gasteiger charge is -2.10. The molecule has 0 saturated heterocycles. The molecule has 0 bridgehead atoms. The van der Waals surface area contributed by atoms with Gasteiger partial charge in [0.1, 0.15) is 6.61 Å². The van der Waals surface area contributed by atoms with Crippen molar-refractivity contribution in [2.24, 2.45) is 11.1 Å². The summed E-state index contributed by atoms with van der Waals surface area (Å²) in [4.78, 5) is 4.80. The van der Waals surface area contributed by atoms with Crippen LogP contribution in [0.25, 0.3) is 0 Å². The topological polar surface area (TPSA) is 21.6 Å². The third kappa shape index (κ3) is 4.18. The van der Waals surface area contributed by atoms with E-state index < -0.39 is 41.3 Å². The molecule has 124 valence electrons. The van der Waals surface area contributed by atoms with Crippen LogP contribution in [-0.4, -0.2) is 5.71 Å². The predicted molar refractivity (Wildman–Crippen MR) is 72.8 cm³/mol. The minimum absolute atomic E-state index is 0.0583. The molecule has 0 amide bonds. The first-order valence-electron chi connectivity index (χ1n) is 7.00. The SMILES string of the molecule is CCCC/C(=N\OCc1c(F)c(F)c(F)c(F)c1F)C(C)C. The summed E-state index contributed by atoms with van der Waals surface area (Å²) in [5.41, 5.74) is -0.357. The lowest BCUT2D eigenvalue weighted by atomic mass is 10.0. The molecule has 1 aromatic carbocycles. The number of halogens is 5. The van der Waals surface area contributed by atoms with Gasteiger partial charge in [-0.3, -0.25) is 0 Å². The molecular formula is C15H18F5NO. The normalized spacial score (nSPS) is 12.1. The Balaban J connectivity index is 2.92. The fourth-order valence-corrected chi connectivity index (χ4v) is 1.75. The van der Waals surface area contributed by atoms with E-state index in [0.717, 1.165) is 12.8 Å². The largest absolute Gasteiger partial charge is 0.391 e. The third-order valence-corrected chi connectivity index (χ3v) is 3.14. The van der Waals surface area contributed by atoms with E-state index >= 15 is 0 Å². The first kappa shape index (κ1) is 18.4. The number of oxime groups is 1. The maximum atomic E-state index is 13.4. The maximum Gasteiger partial charge on any atom is 0.200 e. The van der Waals surface area contributed by atoms with Crippen LogP contribution in [0.3, 0.4) is 0 Å². The van der Waals surface area contributed by atoms with Crippen molar-refractivity contribution in [2.45, 2.75) is 46.6 Å². The number of nitrogens with zero attached hydrogens (tertiary/aromatic N) is 1. The second-order valence-electron chi connectivity index (χ2n) is 5.16. The molecule has 0 heterocycles. The van der Waals surface area contributed by atoms with Crippen molar-refractivity contribution in [2.75, 3.05) is 0 Å². The molecular weight excluding hydrogens is 305 g/mol. The number of unbranched alkanes of at least 4 members (excludes halogenated alkanes) is 1. The summed E-state index contributed by atoms with van der Waals surface area (Å²) in [6.07, 6.45) is 2.44. The van der Waals surface area contributed by atoms with Crippen molar-refractivity contribution in [1.29, 1.82) is 0 Å². The molecule has 0 radical (unpaired) electrons. The lowest BCUT2D eigenvalue weighted by Crippen LogP contribution is -2.10. The summed E-state index contributed by atoms with van der Waals surface area (Å²) in [6.45, 7) is 4.91. The molecule has 0 aliphatic heterocycles. The molecule has 7 heteroatoms. The van der Waals surface area contributed by atoms with E-state index in [1.807, 2.05) is 20.8 Å². The number of rotatable bonds is 7. The molecule has 1 rings (SSSR count). The average Bonchev–Trinajstić information content (AvgIpc) is 2.49. The molecule has 0 atom stereocenters. The molecule has 1 aromatic rings. The molecule has 0 saturated carbocycles. The second kappa shape index (κ2) is 8.10. The summed E-state index contributed by atoms with van der Waals surface area (Å²) in [5, 5.41) is 3.76. The van der Waals surface area contributed by atoms with Gasteiger partial charge in [0.25, 0.3) is 0 Å². The molecule has 0 spiro atoms. The molecule has 0 aromatic heterocycles. The zero-order chi connectivity index (χ0) is 16.9. The van der Waals surface area contributed by atoms with Crippen LogP contribution in [0.1, 0.15) is 45.6 Å². The van der Waals surface area contributed by atoms with E-state index in [0.29, 0.717) is 12.1 Å². The molecule has 0 fully saturated rings. The molecule has 0 unspecified atom stereocenters. The number of hydrogen-bond donors (Lipinski definition) is 0. The zero-order valence-corrected chi connectivity index (χ0v) is 12.7. The standard InChI is InChI=1S/C15H18F5NO/c1-4-5-6-10(8(2)3)21-22-7-9-11(16)13(18)15(20)14(19)12(9)17/h8H,4-7H2,1-3H3/b21-10+. The van der Waals surface area contributed by atoms with Crippen molar-refractivity contribution >= 4 is 5.71 Å². The van der Waals surface area contributed by atoms with Gasteiger partial charge in [-0.15, -0.1) is 0 Å². The highest BCUT2D eigenvalue weighted by Crippen LogP contribution is 2.23. The van der Waals surface area contributed by atoms with Gasteiger partial charge in [-0.25, -0.2) is 22.0 Å². The van der Waals surface area contributed by atoms with Gasteiger partial charge in [0.15, 0.2) is 23.3 Å². The van der Waals surface area contributed by atoms with Gasteiger partial charge in [0.05, 0.1) is 11.3 Å². The Kier molecular flexibility index (Phi) is 6.77. The van der Waals surface area contributed by atoms with Crippen molar-refractivity contribution in [3.63, 3.8) is 0 Å². The van der Waals surface area contributed by atoms with Crippen LogP contribution in [0.15, 0.2) is 5.16 Å². The van der Waals surface area contributed by atoms with Crippen molar-refractivity contribution in [3.8, 4) is 0 Å². The lowest BCUT2D eigenvalue weighted by molar-refractivity contribution is 0.121. The molecule has 0 aliphatic rings. The zero-order valence-electron chi connectivity index (χ0n) is 12.7. The summed E-state index contributed by atoms with van der Waals surface area (Å²) >= 11 is 0. The van der Waals surface area contributed by atoms with Crippen LogP contribution in [0, 0.1) is 35.0 Å². The van der Waals surface area contributed by atoms with Gasteiger partial charge >= 0.3 is 0 Å². The van der Waals surface area contributed by atoms with E-state index in [2.05, 4.69) is 5.16 Å². The van der Waals surface area contributed by atoms with Crippen LogP contribution in [0.5, 0.6) is 0 Å². The van der Waals surface area contributed by atoms with Gasteiger partial charge in [-0.1, -0.05) is 32.3 Å². The minimum atomic E-state index is -2.19. The van der Waals surface area contributed by atoms with E-state index in [1.54, 1.807) is 0 Å². The van der Waals surface area contributed by atoms with Crippen LogP contribution in [0.4, 0.5) is 22.0 Å². The van der Waals surface area contributed by atoms with E-state index in [1.165, 1.54) is 0 Å². The second-order valence-corrected chi connectivity index (χ2v) is 5.16. The summed E-state index contributed by atoms with van der Waals surface area (Å²) in [5.74, 6) is -9.90. The summed E-state index contributed by atoms with van der Waals surface area (Å²) in [7, 11) is 0. The highest BCUT2D eigenvalue weighted by Gasteiger charge is 2.25. The van der Waals surface area contributed by atoms with Gasteiger partial charge in [0.2, 0.25) is 5.82 Å². The average molecular weight is 323 g/mol. The molecule has 22 heavy (non-hydrogen) atoms. The minimum Gasteiger partial charge on any atom is -0.391 e. The maximum absolute atomic E-state index is 13.4. The highest BCUT2D eigenvalue weighted by molar-refractivity contribution is 5.85. The van der Waals surface area contributed by atoms with Gasteiger partial charge in [0, 0.05) is 0 Å². The fraction of sp³-hybridized carbons (Fsp3) is 0.533. The van der Waals surface area contributed by atoms with E-state index in [4.69, 9.17) is 4.84 Å². The highest BCUT2D eigenvalue weighted by atomic mass is 19.2. The first-order valence-corrected chi connectivity index (χ1v) is 7.00. The van der Waals surface area contributed by atoms with Gasteiger partial charge < -0.3 is 4.84 Å². The Labute approximate surface area is 126 Å². The smallest absolute Gasteiger partial charge is 0.200 e. The summed E-state index contributed by atoms with van der Waals surface area (Å²) in [6, 6.07) is 0. The Morgan fingerprint density at radius 2 is 1.45 bits per heavy atom. The Bertz CT molecular complexity index is 528. The summed E-state index contributed by atoms with van der Waals surface area (Å²) < 4.78 is 65.8. The van der Waals surface area contributed by atoms with Crippen LogP contribution in [-0.2, 0) is 11.4 Å². The number of benzene rings is 1. The Morgan fingerprint density at radius 1 is 0.955 bits per heavy atom. The Morgan fingerprint density at radius 3 is 1.91 bits per heavy atom. The third-order valence-electron chi connectivity index (χ3n) is 3.14. The first-order chi connectivity index (χ1) is 10.3. The van der Waals surface area contributed by atoms with Crippen molar-refractivity contribution < 1.29 is 26.8 Å². The molecule has 0 N–H and O–H groups in total. The van der Waals surface area contributed by atoms with E-state index in [9.17, 15) is 22.0 Å². The van der Waals surface area contributed by atoms with Crippen molar-refractivity contribution in [3.05, 3.63) is 34.6 Å². The fourth-order valence-electron chi connectivity index (χ4n) is 1.75. The quantitative estimate of drug-likeness (QED) is 0.225. The predicted octanol–water partition coefficient (Wildman–Crippen LogP) is 5.10. The van der Waals surface area contributed by atoms with Crippen LogP contribution >= 0.6 is 0 Å². The molecule has 2 nitrogen and oxygen atoms in total. The van der Waals surface area contributed by atoms with Gasteiger partial charge in [-0.05, 0) is 18.8 Å². The van der Waals surface area contributed by atoms with Crippen LogP contribution in [0.2, 0.25) is 0 Å². The van der Waals surface area contributed by atoms with Crippen LogP contribution < -0.4 is 0 Å². The van der Waals surface area contributed by atoms with Gasteiger partial charge in [-0.2, -0.15) is 0 Å². The van der Waals surface area contributed by atoms with E-state index in [-0.39, 0.29) is 5.92 Å².